The van der Waals surface area contributed by atoms with Crippen LogP contribution in [0.2, 0.25) is 0 Å². The largest absolute Gasteiger partial charge is 0.377 e. The third-order valence-corrected chi connectivity index (χ3v) is 3.64. The second kappa shape index (κ2) is 5.83. The van der Waals surface area contributed by atoms with E-state index in [1.807, 2.05) is 0 Å². The Bertz CT molecular complexity index is 178. The lowest BCUT2D eigenvalue weighted by atomic mass is 10.00. The fraction of sp³-hybridized carbons (Fsp3) is 1.00. The van der Waals surface area contributed by atoms with Gasteiger partial charge in [0, 0.05) is 19.2 Å². The van der Waals surface area contributed by atoms with E-state index in [4.69, 9.17) is 4.74 Å². The lowest BCUT2D eigenvalue weighted by Gasteiger charge is -2.39. The van der Waals surface area contributed by atoms with Crippen LogP contribution in [-0.2, 0) is 4.74 Å². The molecular formula is C12H24N2O. The highest BCUT2D eigenvalue weighted by atomic mass is 16.5. The molecular weight excluding hydrogens is 188 g/mol. The molecule has 1 atom stereocenters. The number of likely N-dealkylation sites (tertiary alicyclic amines) is 1. The smallest absolute Gasteiger partial charge is 0.0702 e. The summed E-state index contributed by atoms with van der Waals surface area (Å²) in [6.45, 7) is 7.81. The summed E-state index contributed by atoms with van der Waals surface area (Å²) in [6, 6.07) is 0.814. The monoisotopic (exact) mass is 212 g/mol. The zero-order valence-corrected chi connectivity index (χ0v) is 9.87. The molecule has 15 heavy (non-hydrogen) atoms. The van der Waals surface area contributed by atoms with Crippen LogP contribution < -0.4 is 5.32 Å². The van der Waals surface area contributed by atoms with Crippen molar-refractivity contribution in [1.82, 2.24) is 10.2 Å². The van der Waals surface area contributed by atoms with Crippen LogP contribution in [0.5, 0.6) is 0 Å². The van der Waals surface area contributed by atoms with Crippen molar-refractivity contribution in [3.8, 4) is 0 Å². The van der Waals surface area contributed by atoms with Crippen LogP contribution in [0.3, 0.4) is 0 Å². The minimum atomic E-state index is 0.499. The molecule has 0 aromatic rings. The van der Waals surface area contributed by atoms with E-state index in [0.29, 0.717) is 6.10 Å². The second-order valence-electron chi connectivity index (χ2n) is 4.70. The summed E-state index contributed by atoms with van der Waals surface area (Å²) in [7, 11) is 0. The molecule has 0 amide bonds. The standard InChI is InChI=1S/C12H24N2O/c1-2-15-12-4-3-9-14(10-12)11-5-7-13-8-6-11/h11-13H,2-10H2,1H3. The summed E-state index contributed by atoms with van der Waals surface area (Å²) in [4.78, 5) is 2.66. The summed E-state index contributed by atoms with van der Waals surface area (Å²) in [6.07, 6.45) is 5.71. The van der Waals surface area contributed by atoms with Gasteiger partial charge in [0.25, 0.3) is 0 Å². The normalized spacial score (nSPS) is 30.6. The van der Waals surface area contributed by atoms with Crippen molar-refractivity contribution in [1.29, 1.82) is 0 Å². The average molecular weight is 212 g/mol. The minimum Gasteiger partial charge on any atom is -0.377 e. The van der Waals surface area contributed by atoms with Crippen molar-refractivity contribution in [2.75, 3.05) is 32.8 Å². The number of ether oxygens (including phenoxy) is 1. The molecule has 0 bridgehead atoms. The fourth-order valence-electron chi connectivity index (χ4n) is 2.84. The van der Waals surface area contributed by atoms with Crippen molar-refractivity contribution >= 4 is 0 Å². The Balaban J connectivity index is 1.80. The Labute approximate surface area is 93.2 Å². The van der Waals surface area contributed by atoms with Crippen molar-refractivity contribution < 1.29 is 4.74 Å². The molecule has 2 aliphatic heterocycles. The Morgan fingerprint density at radius 2 is 2.07 bits per heavy atom. The first kappa shape index (κ1) is 11.4. The van der Waals surface area contributed by atoms with Crippen LogP contribution in [0.4, 0.5) is 0 Å². The van der Waals surface area contributed by atoms with Gasteiger partial charge in [0.2, 0.25) is 0 Å². The Morgan fingerprint density at radius 3 is 2.80 bits per heavy atom. The molecule has 1 unspecified atom stereocenters. The van der Waals surface area contributed by atoms with Crippen LogP contribution in [0.1, 0.15) is 32.6 Å². The van der Waals surface area contributed by atoms with Gasteiger partial charge in [-0.05, 0) is 52.2 Å². The molecule has 3 nitrogen and oxygen atoms in total. The molecule has 2 aliphatic rings. The lowest BCUT2D eigenvalue weighted by molar-refractivity contribution is -0.0114. The van der Waals surface area contributed by atoms with E-state index in [-0.39, 0.29) is 0 Å². The molecule has 0 radical (unpaired) electrons. The first-order valence-electron chi connectivity index (χ1n) is 6.46. The molecule has 0 aromatic carbocycles. The van der Waals surface area contributed by atoms with Gasteiger partial charge < -0.3 is 10.1 Å². The van der Waals surface area contributed by atoms with E-state index in [0.717, 1.165) is 12.6 Å². The maximum absolute atomic E-state index is 5.75. The van der Waals surface area contributed by atoms with Crippen molar-refractivity contribution in [2.45, 2.75) is 44.8 Å². The van der Waals surface area contributed by atoms with Gasteiger partial charge in [0.15, 0.2) is 0 Å². The molecule has 2 rings (SSSR count). The topological polar surface area (TPSA) is 24.5 Å². The van der Waals surface area contributed by atoms with Crippen LogP contribution in [0, 0.1) is 0 Å². The molecule has 0 spiro atoms. The molecule has 3 heteroatoms. The van der Waals surface area contributed by atoms with E-state index in [2.05, 4.69) is 17.1 Å². The summed E-state index contributed by atoms with van der Waals surface area (Å²) in [5.74, 6) is 0. The number of rotatable bonds is 3. The zero-order chi connectivity index (χ0) is 10.5. The molecule has 0 aromatic heterocycles. The number of hydrogen-bond donors (Lipinski definition) is 1. The molecule has 2 saturated heterocycles. The highest BCUT2D eigenvalue weighted by molar-refractivity contribution is 4.82. The maximum Gasteiger partial charge on any atom is 0.0702 e. The molecule has 0 aliphatic carbocycles. The Morgan fingerprint density at radius 1 is 1.27 bits per heavy atom. The molecule has 88 valence electrons. The van der Waals surface area contributed by atoms with Crippen LogP contribution >= 0.6 is 0 Å². The molecule has 2 fully saturated rings. The predicted octanol–water partition coefficient (Wildman–Crippen LogP) is 1.24. The van der Waals surface area contributed by atoms with Crippen LogP contribution in [-0.4, -0.2) is 49.8 Å². The first-order chi connectivity index (χ1) is 7.40. The third-order valence-electron chi connectivity index (χ3n) is 3.64. The Kier molecular flexibility index (Phi) is 4.42. The van der Waals surface area contributed by atoms with Gasteiger partial charge in [0.1, 0.15) is 0 Å². The second-order valence-corrected chi connectivity index (χ2v) is 4.70. The summed E-state index contributed by atoms with van der Waals surface area (Å²) < 4.78 is 5.75. The van der Waals surface area contributed by atoms with Crippen molar-refractivity contribution in [3.05, 3.63) is 0 Å². The third kappa shape index (κ3) is 3.16. The van der Waals surface area contributed by atoms with E-state index in [1.165, 1.54) is 51.9 Å². The van der Waals surface area contributed by atoms with Crippen molar-refractivity contribution in [3.63, 3.8) is 0 Å². The van der Waals surface area contributed by atoms with Gasteiger partial charge in [-0.2, -0.15) is 0 Å². The van der Waals surface area contributed by atoms with E-state index in [1.54, 1.807) is 0 Å². The average Bonchev–Trinajstić information content (AvgIpc) is 2.31. The van der Waals surface area contributed by atoms with Crippen molar-refractivity contribution in [2.24, 2.45) is 0 Å². The summed E-state index contributed by atoms with van der Waals surface area (Å²) in [5.41, 5.74) is 0. The van der Waals surface area contributed by atoms with E-state index >= 15 is 0 Å². The molecule has 2 heterocycles. The van der Waals surface area contributed by atoms with Crippen LogP contribution in [0.15, 0.2) is 0 Å². The van der Waals surface area contributed by atoms with Gasteiger partial charge in [-0.15, -0.1) is 0 Å². The lowest BCUT2D eigenvalue weighted by Crippen LogP contribution is -2.49. The molecule has 1 N–H and O–H groups in total. The highest BCUT2D eigenvalue weighted by Crippen LogP contribution is 2.19. The number of nitrogens with zero attached hydrogens (tertiary/aromatic N) is 1. The molecule has 0 saturated carbocycles. The van der Waals surface area contributed by atoms with E-state index < -0.39 is 0 Å². The number of hydrogen-bond acceptors (Lipinski definition) is 3. The summed E-state index contributed by atoms with van der Waals surface area (Å²) in [5, 5.41) is 3.43. The number of piperidine rings is 2. The maximum atomic E-state index is 5.75. The zero-order valence-electron chi connectivity index (χ0n) is 9.87. The first-order valence-corrected chi connectivity index (χ1v) is 6.46. The van der Waals surface area contributed by atoms with E-state index in [9.17, 15) is 0 Å². The minimum absolute atomic E-state index is 0.499. The predicted molar refractivity (Wildman–Crippen MR) is 62.1 cm³/mol. The summed E-state index contributed by atoms with van der Waals surface area (Å²) >= 11 is 0. The van der Waals surface area contributed by atoms with Crippen LogP contribution in [0.25, 0.3) is 0 Å². The fourth-order valence-corrected chi connectivity index (χ4v) is 2.84. The quantitative estimate of drug-likeness (QED) is 0.762. The Hall–Kier alpha value is -0.120. The van der Waals surface area contributed by atoms with Gasteiger partial charge in [-0.1, -0.05) is 0 Å². The SMILES string of the molecule is CCOC1CCCN(C2CCNCC2)C1. The van der Waals surface area contributed by atoms with Gasteiger partial charge in [-0.25, -0.2) is 0 Å². The van der Waals surface area contributed by atoms with Gasteiger partial charge >= 0.3 is 0 Å². The highest BCUT2D eigenvalue weighted by Gasteiger charge is 2.26. The van der Waals surface area contributed by atoms with Gasteiger partial charge in [0.05, 0.1) is 6.10 Å². The number of nitrogens with one attached hydrogen (secondary N) is 1. The van der Waals surface area contributed by atoms with Gasteiger partial charge in [-0.3, -0.25) is 4.90 Å².